The van der Waals surface area contributed by atoms with Gasteiger partial charge in [-0.2, -0.15) is 0 Å². The van der Waals surface area contributed by atoms with Crippen LogP contribution in [-0.2, 0) is 9.53 Å². The summed E-state index contributed by atoms with van der Waals surface area (Å²) in [5, 5.41) is 0. The molecule has 0 bridgehead atoms. The zero-order valence-electron chi connectivity index (χ0n) is 16.3. The average molecular weight is 370 g/mol. The molecule has 2 heterocycles. The second kappa shape index (κ2) is 7.63. The molecule has 4 rings (SSSR count). The van der Waals surface area contributed by atoms with Gasteiger partial charge in [-0.1, -0.05) is 37.5 Å². The van der Waals surface area contributed by atoms with Crippen molar-refractivity contribution >= 4 is 11.8 Å². The summed E-state index contributed by atoms with van der Waals surface area (Å²) in [6, 6.07) is 7.77. The third kappa shape index (κ3) is 3.06. The third-order valence-electron chi connectivity index (χ3n) is 6.73. The van der Waals surface area contributed by atoms with Crippen molar-refractivity contribution in [3.63, 3.8) is 0 Å². The number of carbonyl (C=O) groups excluding carboxylic acids is 2. The van der Waals surface area contributed by atoms with Crippen LogP contribution in [0, 0.1) is 0 Å². The summed E-state index contributed by atoms with van der Waals surface area (Å²) in [5.74, 6) is 0.0356. The molecule has 1 unspecified atom stereocenters. The number of amides is 2. The first-order valence-corrected chi connectivity index (χ1v) is 10.4. The minimum Gasteiger partial charge on any atom is -0.383 e. The summed E-state index contributed by atoms with van der Waals surface area (Å²) in [6.07, 6.45) is 7.30. The standard InChI is InChI=1S/C22H30N2O3/c1-27-16-15-24-20(25)18-10-4-3-9-17(18)19(21(26)23-13-7-8-14-23)22(24)11-5-2-6-12-22/h3-4,9-10,19H,2,5-8,11-16H2,1H3. The molecular formula is C22H30N2O3. The zero-order chi connectivity index (χ0) is 18.9. The molecule has 5 nitrogen and oxygen atoms in total. The van der Waals surface area contributed by atoms with E-state index in [0.717, 1.165) is 57.2 Å². The molecular weight excluding hydrogens is 340 g/mol. The van der Waals surface area contributed by atoms with Crippen LogP contribution in [0.4, 0.5) is 0 Å². The van der Waals surface area contributed by atoms with Gasteiger partial charge in [-0.25, -0.2) is 0 Å². The van der Waals surface area contributed by atoms with E-state index in [1.54, 1.807) is 7.11 Å². The van der Waals surface area contributed by atoms with Crippen LogP contribution in [0.15, 0.2) is 24.3 Å². The van der Waals surface area contributed by atoms with Crippen LogP contribution >= 0.6 is 0 Å². The van der Waals surface area contributed by atoms with E-state index >= 15 is 0 Å². The van der Waals surface area contributed by atoms with Crippen molar-refractivity contribution in [3.8, 4) is 0 Å². The van der Waals surface area contributed by atoms with Gasteiger partial charge in [0, 0.05) is 32.3 Å². The molecule has 3 aliphatic rings. The Morgan fingerprint density at radius 2 is 1.81 bits per heavy atom. The Balaban J connectivity index is 1.83. The van der Waals surface area contributed by atoms with Crippen LogP contribution in [0.2, 0.25) is 0 Å². The van der Waals surface area contributed by atoms with Crippen LogP contribution in [0.3, 0.4) is 0 Å². The predicted molar refractivity (Wildman–Crippen MR) is 104 cm³/mol. The molecule has 1 aromatic carbocycles. The van der Waals surface area contributed by atoms with Gasteiger partial charge in [0.1, 0.15) is 0 Å². The van der Waals surface area contributed by atoms with Gasteiger partial charge in [0.2, 0.25) is 5.91 Å². The largest absolute Gasteiger partial charge is 0.383 e. The number of hydrogen-bond acceptors (Lipinski definition) is 3. The van der Waals surface area contributed by atoms with Gasteiger partial charge < -0.3 is 14.5 Å². The molecule has 1 aromatic rings. The molecule has 1 spiro atoms. The molecule has 2 aliphatic heterocycles. The van der Waals surface area contributed by atoms with Crippen molar-refractivity contribution in [2.24, 2.45) is 0 Å². The first-order valence-electron chi connectivity index (χ1n) is 10.4. The van der Waals surface area contributed by atoms with Gasteiger partial charge in [-0.3, -0.25) is 9.59 Å². The van der Waals surface area contributed by atoms with Crippen molar-refractivity contribution < 1.29 is 14.3 Å². The molecule has 0 N–H and O–H groups in total. The van der Waals surface area contributed by atoms with Gasteiger partial charge >= 0.3 is 0 Å². The highest BCUT2D eigenvalue weighted by Gasteiger charge is 2.55. The Labute approximate surface area is 161 Å². The quantitative estimate of drug-likeness (QED) is 0.818. The van der Waals surface area contributed by atoms with Crippen LogP contribution in [0.5, 0.6) is 0 Å². The molecule has 146 valence electrons. The predicted octanol–water partition coefficient (Wildman–Crippen LogP) is 3.20. The van der Waals surface area contributed by atoms with Crippen LogP contribution in [0.25, 0.3) is 0 Å². The van der Waals surface area contributed by atoms with Gasteiger partial charge in [-0.15, -0.1) is 0 Å². The molecule has 1 saturated heterocycles. The molecule has 1 aliphatic carbocycles. The molecule has 0 radical (unpaired) electrons. The highest BCUT2D eigenvalue weighted by molar-refractivity contribution is 6.02. The lowest BCUT2D eigenvalue weighted by Crippen LogP contribution is -2.63. The normalized spacial score (nSPS) is 24.3. The van der Waals surface area contributed by atoms with Crippen LogP contribution < -0.4 is 0 Å². The Bertz CT molecular complexity index is 705. The van der Waals surface area contributed by atoms with E-state index in [1.807, 2.05) is 34.1 Å². The number of fused-ring (bicyclic) bond motifs is 1. The van der Waals surface area contributed by atoms with Crippen LogP contribution in [-0.4, -0.2) is 60.5 Å². The molecule has 5 heteroatoms. The maximum absolute atomic E-state index is 13.7. The fourth-order valence-corrected chi connectivity index (χ4v) is 5.45. The highest BCUT2D eigenvalue weighted by atomic mass is 16.5. The maximum atomic E-state index is 13.7. The molecule has 27 heavy (non-hydrogen) atoms. The zero-order valence-corrected chi connectivity index (χ0v) is 16.3. The second-order valence-corrected chi connectivity index (χ2v) is 8.17. The molecule has 0 aromatic heterocycles. The van der Waals surface area contributed by atoms with Crippen molar-refractivity contribution in [1.82, 2.24) is 9.80 Å². The van der Waals surface area contributed by atoms with Gasteiger partial charge in [0.15, 0.2) is 0 Å². The SMILES string of the molecule is COCCN1C(=O)c2ccccc2C(C(=O)N2CCCC2)C12CCCCC2. The summed E-state index contributed by atoms with van der Waals surface area (Å²) in [6.45, 7) is 2.74. The minimum atomic E-state index is -0.401. The van der Waals surface area contributed by atoms with Crippen molar-refractivity contribution in [2.45, 2.75) is 56.4 Å². The molecule has 2 fully saturated rings. The van der Waals surface area contributed by atoms with Crippen molar-refractivity contribution in [3.05, 3.63) is 35.4 Å². The summed E-state index contributed by atoms with van der Waals surface area (Å²) < 4.78 is 5.32. The first-order chi connectivity index (χ1) is 13.2. The average Bonchev–Trinajstić information content (AvgIpc) is 3.23. The number of rotatable bonds is 4. The Hall–Kier alpha value is -1.88. The monoisotopic (exact) mass is 370 g/mol. The summed E-state index contributed by atoms with van der Waals surface area (Å²) in [4.78, 5) is 31.2. The summed E-state index contributed by atoms with van der Waals surface area (Å²) in [5.41, 5.74) is 1.24. The lowest BCUT2D eigenvalue weighted by atomic mass is 9.65. The second-order valence-electron chi connectivity index (χ2n) is 8.17. The molecule has 1 atom stereocenters. The Morgan fingerprint density at radius 1 is 1.11 bits per heavy atom. The van der Waals surface area contributed by atoms with Crippen molar-refractivity contribution in [2.75, 3.05) is 33.4 Å². The van der Waals surface area contributed by atoms with E-state index in [2.05, 4.69) is 0 Å². The maximum Gasteiger partial charge on any atom is 0.254 e. The fraction of sp³-hybridized carbons (Fsp3) is 0.636. The minimum absolute atomic E-state index is 0.0648. The fourth-order valence-electron chi connectivity index (χ4n) is 5.45. The molecule has 2 amide bonds. The van der Waals surface area contributed by atoms with Gasteiger partial charge in [0.25, 0.3) is 5.91 Å². The van der Waals surface area contributed by atoms with E-state index in [-0.39, 0.29) is 17.7 Å². The summed E-state index contributed by atoms with van der Waals surface area (Å²) in [7, 11) is 1.67. The van der Waals surface area contributed by atoms with Crippen LogP contribution in [0.1, 0.15) is 66.8 Å². The van der Waals surface area contributed by atoms with Crippen molar-refractivity contribution in [1.29, 1.82) is 0 Å². The lowest BCUT2D eigenvalue weighted by molar-refractivity contribution is -0.137. The Kier molecular flexibility index (Phi) is 5.22. The van der Waals surface area contributed by atoms with Gasteiger partial charge in [0.05, 0.1) is 18.1 Å². The summed E-state index contributed by atoms with van der Waals surface area (Å²) >= 11 is 0. The van der Waals surface area contributed by atoms with E-state index in [9.17, 15) is 9.59 Å². The van der Waals surface area contributed by atoms with E-state index in [4.69, 9.17) is 4.74 Å². The van der Waals surface area contributed by atoms with Gasteiger partial charge in [-0.05, 0) is 37.3 Å². The number of methoxy groups -OCH3 is 1. The number of benzene rings is 1. The lowest BCUT2D eigenvalue weighted by Gasteiger charge is -2.54. The number of likely N-dealkylation sites (tertiary alicyclic amines) is 1. The number of ether oxygens (including phenoxy) is 1. The number of hydrogen-bond donors (Lipinski definition) is 0. The van der Waals surface area contributed by atoms with E-state index < -0.39 is 5.54 Å². The van der Waals surface area contributed by atoms with E-state index in [0.29, 0.717) is 18.7 Å². The highest BCUT2D eigenvalue weighted by Crippen LogP contribution is 2.49. The molecule has 1 saturated carbocycles. The van der Waals surface area contributed by atoms with E-state index in [1.165, 1.54) is 6.42 Å². The smallest absolute Gasteiger partial charge is 0.254 e. The number of nitrogens with zero attached hydrogens (tertiary/aromatic N) is 2. The first kappa shape index (κ1) is 18.5. The number of carbonyl (C=O) groups is 2. The topological polar surface area (TPSA) is 49.9 Å². The Morgan fingerprint density at radius 3 is 2.52 bits per heavy atom. The third-order valence-corrected chi connectivity index (χ3v) is 6.73.